The van der Waals surface area contributed by atoms with Gasteiger partial charge in [0.25, 0.3) is 5.78 Å². The van der Waals surface area contributed by atoms with E-state index >= 15 is 0 Å². The van der Waals surface area contributed by atoms with E-state index < -0.39 is 23.2 Å². The van der Waals surface area contributed by atoms with E-state index in [9.17, 15) is 18.0 Å². The fraction of sp³-hybridized carbons (Fsp3) is 0.0769. The van der Waals surface area contributed by atoms with Crippen LogP contribution in [0.25, 0.3) is 5.78 Å². The van der Waals surface area contributed by atoms with Crippen molar-refractivity contribution in [2.24, 2.45) is 0 Å². The summed E-state index contributed by atoms with van der Waals surface area (Å²) in [5.41, 5.74) is -1.84. The number of hydrogen-bond donors (Lipinski definition) is 0. The minimum Gasteiger partial charge on any atom is -0.288 e. The van der Waals surface area contributed by atoms with E-state index in [1.165, 1.54) is 24.3 Å². The molecule has 0 amide bonds. The van der Waals surface area contributed by atoms with Crippen LogP contribution in [0.3, 0.4) is 0 Å². The Labute approximate surface area is 126 Å². The van der Waals surface area contributed by atoms with Gasteiger partial charge in [-0.3, -0.25) is 4.79 Å². The molecule has 2 heterocycles. The summed E-state index contributed by atoms with van der Waals surface area (Å²) < 4.78 is 40.4. The van der Waals surface area contributed by atoms with Crippen molar-refractivity contribution in [1.82, 2.24) is 19.6 Å². The van der Waals surface area contributed by atoms with Crippen molar-refractivity contribution in [1.29, 1.82) is 0 Å². The van der Waals surface area contributed by atoms with E-state index in [2.05, 4.69) is 15.1 Å². The fourth-order valence-electron chi connectivity index (χ4n) is 1.90. The van der Waals surface area contributed by atoms with Gasteiger partial charge < -0.3 is 0 Å². The number of ketones is 1. The minimum absolute atomic E-state index is 0.0659. The number of fused-ring (bicyclic) bond motifs is 1. The third-order valence-electron chi connectivity index (χ3n) is 2.89. The number of nitrogens with zero attached hydrogens (tertiary/aromatic N) is 4. The van der Waals surface area contributed by atoms with Crippen LogP contribution in [0.4, 0.5) is 13.2 Å². The molecule has 0 spiro atoms. The highest BCUT2D eigenvalue weighted by Crippen LogP contribution is 2.31. The maximum Gasteiger partial charge on any atom is 0.434 e. The normalized spacial score (nSPS) is 11.8. The lowest BCUT2D eigenvalue weighted by Gasteiger charge is -2.11. The van der Waals surface area contributed by atoms with Crippen LogP contribution in [-0.4, -0.2) is 25.4 Å². The number of rotatable bonds is 2. The minimum atomic E-state index is -4.79. The number of carbonyl (C=O) groups is 1. The molecule has 0 atom stereocenters. The van der Waals surface area contributed by atoms with Crippen molar-refractivity contribution in [3.8, 4) is 0 Å². The molecule has 3 aromatic rings. The molecule has 0 fully saturated rings. The SMILES string of the molecule is O=C(c1ccc(Cl)cc1)c1cn2ncnc2nc1C(F)(F)F. The molecule has 0 radical (unpaired) electrons. The van der Waals surface area contributed by atoms with Gasteiger partial charge in [0.15, 0.2) is 11.5 Å². The van der Waals surface area contributed by atoms with Gasteiger partial charge in [0.2, 0.25) is 0 Å². The molecule has 0 aliphatic rings. The van der Waals surface area contributed by atoms with Gasteiger partial charge in [-0.15, -0.1) is 0 Å². The summed E-state index contributed by atoms with van der Waals surface area (Å²) in [7, 11) is 0. The van der Waals surface area contributed by atoms with E-state index in [0.717, 1.165) is 17.0 Å². The summed E-state index contributed by atoms with van der Waals surface area (Å²) in [4.78, 5) is 19.3. The molecule has 0 aliphatic carbocycles. The molecule has 112 valence electrons. The lowest BCUT2D eigenvalue weighted by atomic mass is 10.0. The first-order valence-electron chi connectivity index (χ1n) is 5.94. The third kappa shape index (κ3) is 2.52. The van der Waals surface area contributed by atoms with Crippen molar-refractivity contribution < 1.29 is 18.0 Å². The maximum atomic E-state index is 13.1. The van der Waals surface area contributed by atoms with Crippen molar-refractivity contribution in [2.45, 2.75) is 6.18 Å². The van der Waals surface area contributed by atoms with Gasteiger partial charge in [-0.1, -0.05) is 11.6 Å². The Kier molecular flexibility index (Phi) is 3.32. The van der Waals surface area contributed by atoms with Crippen LogP contribution in [0.15, 0.2) is 36.8 Å². The van der Waals surface area contributed by atoms with Gasteiger partial charge in [-0.25, -0.2) is 9.50 Å². The Morgan fingerprint density at radius 2 is 1.86 bits per heavy atom. The zero-order valence-corrected chi connectivity index (χ0v) is 11.4. The topological polar surface area (TPSA) is 60.2 Å². The molecular weight excluding hydrogens is 321 g/mol. The second-order valence-electron chi connectivity index (χ2n) is 4.34. The van der Waals surface area contributed by atoms with Crippen molar-refractivity contribution in [3.05, 3.63) is 58.6 Å². The zero-order chi connectivity index (χ0) is 15.9. The molecule has 5 nitrogen and oxygen atoms in total. The van der Waals surface area contributed by atoms with E-state index in [0.29, 0.717) is 5.02 Å². The predicted molar refractivity (Wildman–Crippen MR) is 70.7 cm³/mol. The van der Waals surface area contributed by atoms with E-state index in [1.54, 1.807) is 0 Å². The first kappa shape index (κ1) is 14.5. The van der Waals surface area contributed by atoms with Crippen LogP contribution >= 0.6 is 11.6 Å². The highest BCUT2D eigenvalue weighted by molar-refractivity contribution is 6.30. The quantitative estimate of drug-likeness (QED) is 0.679. The molecule has 0 bridgehead atoms. The second-order valence-corrected chi connectivity index (χ2v) is 4.78. The largest absolute Gasteiger partial charge is 0.434 e. The Morgan fingerprint density at radius 1 is 1.18 bits per heavy atom. The molecule has 0 unspecified atom stereocenters. The molecular formula is C13H6ClF3N4O. The molecule has 0 saturated carbocycles. The fourth-order valence-corrected chi connectivity index (χ4v) is 2.02. The average molecular weight is 327 g/mol. The molecule has 3 rings (SSSR count). The first-order chi connectivity index (χ1) is 10.4. The van der Waals surface area contributed by atoms with Crippen LogP contribution in [-0.2, 0) is 6.18 Å². The second kappa shape index (κ2) is 5.06. The molecule has 0 N–H and O–H groups in total. The van der Waals surface area contributed by atoms with Crippen molar-refractivity contribution in [2.75, 3.05) is 0 Å². The Morgan fingerprint density at radius 3 is 2.50 bits per heavy atom. The lowest BCUT2D eigenvalue weighted by Crippen LogP contribution is -2.18. The van der Waals surface area contributed by atoms with Crippen molar-refractivity contribution in [3.63, 3.8) is 0 Å². The van der Waals surface area contributed by atoms with Crippen LogP contribution in [0, 0.1) is 0 Å². The highest BCUT2D eigenvalue weighted by atomic mass is 35.5. The summed E-state index contributed by atoms with van der Waals surface area (Å²) in [5, 5.41) is 4.07. The lowest BCUT2D eigenvalue weighted by molar-refractivity contribution is -0.141. The standard InChI is InChI=1S/C13H6ClF3N4O/c14-8-3-1-7(2-4-8)10(22)9-5-21-12(18-6-19-21)20-11(9)13(15,16)17/h1-6H. The number of benzene rings is 1. The molecule has 2 aromatic heterocycles. The van der Waals surface area contributed by atoms with Crippen LogP contribution in [0.2, 0.25) is 5.02 Å². The highest BCUT2D eigenvalue weighted by Gasteiger charge is 2.38. The van der Waals surface area contributed by atoms with Gasteiger partial charge in [-0.2, -0.15) is 23.3 Å². The predicted octanol–water partition coefficient (Wildman–Crippen LogP) is 3.03. The summed E-state index contributed by atoms with van der Waals surface area (Å²) in [6.45, 7) is 0. The Bertz CT molecular complexity index is 858. The Hall–Kier alpha value is -2.48. The maximum absolute atomic E-state index is 13.1. The average Bonchev–Trinajstić information content (AvgIpc) is 2.92. The van der Waals surface area contributed by atoms with E-state index in [1.807, 2.05) is 0 Å². The summed E-state index contributed by atoms with van der Waals surface area (Å²) in [6, 6.07) is 5.53. The van der Waals surface area contributed by atoms with E-state index in [4.69, 9.17) is 11.6 Å². The molecule has 22 heavy (non-hydrogen) atoms. The third-order valence-corrected chi connectivity index (χ3v) is 3.14. The number of hydrogen-bond acceptors (Lipinski definition) is 4. The summed E-state index contributed by atoms with van der Waals surface area (Å²) in [5.74, 6) is -1.06. The van der Waals surface area contributed by atoms with Crippen molar-refractivity contribution >= 4 is 23.2 Å². The van der Waals surface area contributed by atoms with Crippen LogP contribution in [0.5, 0.6) is 0 Å². The van der Waals surface area contributed by atoms with Gasteiger partial charge in [0.1, 0.15) is 6.33 Å². The molecule has 1 aromatic carbocycles. The number of carbonyl (C=O) groups excluding carboxylic acids is 1. The first-order valence-corrected chi connectivity index (χ1v) is 6.32. The monoisotopic (exact) mass is 326 g/mol. The van der Waals surface area contributed by atoms with Gasteiger partial charge in [0, 0.05) is 16.8 Å². The van der Waals surface area contributed by atoms with Crippen LogP contribution in [0.1, 0.15) is 21.6 Å². The zero-order valence-electron chi connectivity index (χ0n) is 10.7. The van der Waals surface area contributed by atoms with E-state index in [-0.39, 0.29) is 11.3 Å². The molecule has 0 saturated heterocycles. The smallest absolute Gasteiger partial charge is 0.288 e. The number of alkyl halides is 3. The summed E-state index contributed by atoms with van der Waals surface area (Å²) >= 11 is 5.70. The van der Waals surface area contributed by atoms with Crippen LogP contribution < -0.4 is 0 Å². The molecule has 0 aliphatic heterocycles. The number of halogens is 4. The van der Waals surface area contributed by atoms with Gasteiger partial charge in [-0.05, 0) is 24.3 Å². The van der Waals surface area contributed by atoms with Gasteiger partial charge >= 0.3 is 6.18 Å². The summed E-state index contributed by atoms with van der Waals surface area (Å²) in [6.07, 6.45) is -2.76. The van der Waals surface area contributed by atoms with Gasteiger partial charge in [0.05, 0.1) is 5.56 Å². The number of aromatic nitrogens is 4. The Balaban J connectivity index is 2.19. The molecule has 9 heteroatoms.